The number of aromatic nitrogens is 1. The molecule has 1 aliphatic rings. The van der Waals surface area contributed by atoms with Crippen molar-refractivity contribution in [3.05, 3.63) is 58.4 Å². The lowest BCUT2D eigenvalue weighted by molar-refractivity contribution is 0.0807. The van der Waals surface area contributed by atoms with E-state index in [0.717, 1.165) is 43.9 Å². The number of carbonyl (C=O) groups excluding carboxylic acids is 1. The highest BCUT2D eigenvalue weighted by atomic mass is 35.5. The van der Waals surface area contributed by atoms with Gasteiger partial charge in [0.1, 0.15) is 5.75 Å². The first kappa shape index (κ1) is 17.9. The minimum absolute atomic E-state index is 0.0362. The number of ketones is 1. The van der Waals surface area contributed by atoms with Crippen LogP contribution in [0.2, 0.25) is 5.02 Å². The summed E-state index contributed by atoms with van der Waals surface area (Å²) in [5.41, 5.74) is 2.65. The Morgan fingerprint density at radius 2 is 2.20 bits per heavy atom. The number of benzene rings is 1. The van der Waals surface area contributed by atoms with Gasteiger partial charge in [-0.2, -0.15) is 0 Å². The van der Waals surface area contributed by atoms with Crippen molar-refractivity contribution in [1.82, 2.24) is 9.88 Å². The maximum atomic E-state index is 13.0. The fourth-order valence-corrected chi connectivity index (χ4v) is 3.59. The smallest absolute Gasteiger partial charge is 0.170 e. The standard InChI is InChI=1S/C20H23ClN2O2/c1-14-5-3-7-17(22-14)13-23-10-4-6-15(12-23)20(24)18-11-16(21)8-9-19(18)25-2/h3,5,7-9,11,15H,4,6,10,12-13H2,1-2H3/t15-/m0/s1. The second-order valence-electron chi connectivity index (χ2n) is 6.55. The summed E-state index contributed by atoms with van der Waals surface area (Å²) in [4.78, 5) is 19.9. The number of methoxy groups -OCH3 is 1. The maximum absolute atomic E-state index is 13.0. The lowest BCUT2D eigenvalue weighted by Gasteiger charge is -2.32. The molecule has 1 aliphatic heterocycles. The molecule has 1 atom stereocenters. The molecule has 0 aliphatic carbocycles. The van der Waals surface area contributed by atoms with E-state index in [4.69, 9.17) is 16.3 Å². The number of aryl methyl sites for hydroxylation is 1. The molecule has 2 aromatic rings. The van der Waals surface area contributed by atoms with Gasteiger partial charge in [-0.25, -0.2) is 0 Å². The summed E-state index contributed by atoms with van der Waals surface area (Å²) < 4.78 is 5.34. The van der Waals surface area contributed by atoms with E-state index in [2.05, 4.69) is 9.88 Å². The summed E-state index contributed by atoms with van der Waals surface area (Å²) >= 11 is 6.08. The van der Waals surface area contributed by atoms with Crippen molar-refractivity contribution in [3.8, 4) is 5.75 Å². The molecular weight excluding hydrogens is 336 g/mol. The number of halogens is 1. The van der Waals surface area contributed by atoms with E-state index < -0.39 is 0 Å². The van der Waals surface area contributed by atoms with Gasteiger partial charge in [-0.15, -0.1) is 0 Å². The predicted octanol–water partition coefficient (Wildman–Crippen LogP) is 4.15. The third-order valence-corrected chi connectivity index (χ3v) is 4.87. The van der Waals surface area contributed by atoms with Crippen LogP contribution in [0.1, 0.15) is 34.6 Å². The van der Waals surface area contributed by atoms with E-state index in [-0.39, 0.29) is 11.7 Å². The van der Waals surface area contributed by atoms with Crippen molar-refractivity contribution >= 4 is 17.4 Å². The fraction of sp³-hybridized carbons (Fsp3) is 0.400. The molecule has 0 bridgehead atoms. The van der Waals surface area contributed by atoms with E-state index >= 15 is 0 Å². The van der Waals surface area contributed by atoms with Gasteiger partial charge in [-0.05, 0) is 56.6 Å². The number of ether oxygens (including phenoxy) is 1. The van der Waals surface area contributed by atoms with Crippen molar-refractivity contribution in [3.63, 3.8) is 0 Å². The highest BCUT2D eigenvalue weighted by Crippen LogP contribution is 2.29. The van der Waals surface area contributed by atoms with Crippen LogP contribution in [-0.2, 0) is 6.54 Å². The van der Waals surface area contributed by atoms with Crippen LogP contribution in [0, 0.1) is 12.8 Å². The highest BCUT2D eigenvalue weighted by molar-refractivity contribution is 6.31. The zero-order chi connectivity index (χ0) is 17.8. The average Bonchev–Trinajstić information content (AvgIpc) is 2.61. The monoisotopic (exact) mass is 358 g/mol. The Morgan fingerprint density at radius 1 is 1.36 bits per heavy atom. The summed E-state index contributed by atoms with van der Waals surface area (Å²) in [5, 5.41) is 0.556. The van der Waals surface area contributed by atoms with Crippen LogP contribution in [0.4, 0.5) is 0 Å². The van der Waals surface area contributed by atoms with Crippen molar-refractivity contribution in [2.75, 3.05) is 20.2 Å². The first-order chi connectivity index (χ1) is 12.1. The molecule has 1 aromatic heterocycles. The molecule has 4 nitrogen and oxygen atoms in total. The molecule has 5 heteroatoms. The Morgan fingerprint density at radius 3 is 2.96 bits per heavy atom. The topological polar surface area (TPSA) is 42.4 Å². The van der Waals surface area contributed by atoms with Gasteiger partial charge in [0.2, 0.25) is 0 Å². The highest BCUT2D eigenvalue weighted by Gasteiger charge is 2.28. The van der Waals surface area contributed by atoms with Crippen LogP contribution < -0.4 is 4.74 Å². The molecule has 0 saturated carbocycles. The van der Waals surface area contributed by atoms with Gasteiger partial charge in [-0.1, -0.05) is 17.7 Å². The van der Waals surface area contributed by atoms with Crippen LogP contribution in [0.5, 0.6) is 5.75 Å². The number of hydrogen-bond acceptors (Lipinski definition) is 4. The van der Waals surface area contributed by atoms with E-state index in [1.165, 1.54) is 0 Å². The molecule has 132 valence electrons. The Balaban J connectivity index is 1.72. The van der Waals surface area contributed by atoms with Gasteiger partial charge in [-0.3, -0.25) is 14.7 Å². The molecule has 2 heterocycles. The Hall–Kier alpha value is -1.91. The molecule has 1 fully saturated rings. The number of Topliss-reactive ketones (excluding diaryl/α,β-unsaturated/α-hetero) is 1. The Kier molecular flexibility index (Phi) is 5.71. The summed E-state index contributed by atoms with van der Waals surface area (Å²) in [6.45, 7) is 4.51. The SMILES string of the molecule is COc1ccc(Cl)cc1C(=O)[C@H]1CCCN(Cc2cccc(C)n2)C1. The third-order valence-electron chi connectivity index (χ3n) is 4.63. The number of carbonyl (C=O) groups is 1. The maximum Gasteiger partial charge on any atom is 0.170 e. The van der Waals surface area contributed by atoms with Crippen LogP contribution in [0.15, 0.2) is 36.4 Å². The molecule has 25 heavy (non-hydrogen) atoms. The predicted molar refractivity (Wildman–Crippen MR) is 99.3 cm³/mol. The largest absolute Gasteiger partial charge is 0.496 e. The summed E-state index contributed by atoms with van der Waals surface area (Å²) in [6.07, 6.45) is 1.90. The number of nitrogens with zero attached hydrogens (tertiary/aromatic N) is 2. The summed E-state index contributed by atoms with van der Waals surface area (Å²) in [5.74, 6) is 0.666. The number of pyridine rings is 1. The van der Waals surface area contributed by atoms with Crippen molar-refractivity contribution < 1.29 is 9.53 Å². The van der Waals surface area contributed by atoms with Gasteiger partial charge in [0.05, 0.1) is 18.4 Å². The van der Waals surface area contributed by atoms with E-state index in [0.29, 0.717) is 16.3 Å². The summed E-state index contributed by atoms with van der Waals surface area (Å²) in [6, 6.07) is 11.3. The van der Waals surface area contributed by atoms with Crippen molar-refractivity contribution in [2.45, 2.75) is 26.3 Å². The molecule has 0 amide bonds. The van der Waals surface area contributed by atoms with Crippen LogP contribution in [0.25, 0.3) is 0 Å². The van der Waals surface area contributed by atoms with Crippen LogP contribution in [-0.4, -0.2) is 35.9 Å². The molecule has 1 aromatic carbocycles. The lowest BCUT2D eigenvalue weighted by atomic mass is 9.89. The third kappa shape index (κ3) is 4.39. The Labute approximate surface area is 153 Å². The lowest BCUT2D eigenvalue weighted by Crippen LogP contribution is -2.38. The van der Waals surface area contributed by atoms with Gasteiger partial charge in [0.25, 0.3) is 0 Å². The normalized spacial score (nSPS) is 18.1. The van der Waals surface area contributed by atoms with E-state index in [9.17, 15) is 4.79 Å². The number of likely N-dealkylation sites (tertiary alicyclic amines) is 1. The minimum Gasteiger partial charge on any atom is -0.496 e. The van der Waals surface area contributed by atoms with Crippen molar-refractivity contribution in [2.24, 2.45) is 5.92 Å². The minimum atomic E-state index is -0.0362. The van der Waals surface area contributed by atoms with E-state index in [1.807, 2.05) is 25.1 Å². The van der Waals surface area contributed by atoms with Gasteiger partial charge in [0.15, 0.2) is 5.78 Å². The zero-order valence-corrected chi connectivity index (χ0v) is 15.4. The van der Waals surface area contributed by atoms with Crippen LogP contribution >= 0.6 is 11.6 Å². The van der Waals surface area contributed by atoms with Gasteiger partial charge < -0.3 is 4.74 Å². The molecule has 1 saturated heterocycles. The first-order valence-corrected chi connectivity index (χ1v) is 8.97. The molecule has 0 spiro atoms. The number of hydrogen-bond donors (Lipinski definition) is 0. The van der Waals surface area contributed by atoms with E-state index in [1.54, 1.807) is 25.3 Å². The number of piperidine rings is 1. The molecule has 0 unspecified atom stereocenters. The summed E-state index contributed by atoms with van der Waals surface area (Å²) in [7, 11) is 1.58. The molecular formula is C20H23ClN2O2. The second kappa shape index (κ2) is 7.98. The quantitative estimate of drug-likeness (QED) is 0.753. The molecule has 3 rings (SSSR count). The average molecular weight is 359 g/mol. The number of rotatable bonds is 5. The fourth-order valence-electron chi connectivity index (χ4n) is 3.42. The van der Waals surface area contributed by atoms with Crippen molar-refractivity contribution in [1.29, 1.82) is 0 Å². The zero-order valence-electron chi connectivity index (χ0n) is 14.7. The molecule has 0 N–H and O–H groups in total. The van der Waals surface area contributed by atoms with Gasteiger partial charge in [0, 0.05) is 29.7 Å². The second-order valence-corrected chi connectivity index (χ2v) is 6.99. The molecule has 0 radical (unpaired) electrons. The first-order valence-electron chi connectivity index (χ1n) is 8.59. The Bertz CT molecular complexity index is 763. The van der Waals surface area contributed by atoms with Gasteiger partial charge >= 0.3 is 0 Å². The van der Waals surface area contributed by atoms with Crippen LogP contribution in [0.3, 0.4) is 0 Å².